The Morgan fingerprint density at radius 1 is 0.927 bits per heavy atom. The first-order chi connectivity index (χ1) is 19.5. The van der Waals surface area contributed by atoms with Crippen LogP contribution in [-0.4, -0.2) is 47.4 Å². The van der Waals surface area contributed by atoms with Crippen molar-refractivity contribution < 1.29 is 33.7 Å². The SMILES string of the molecule is CC1=CCCC2C1(C)C(OC(=O)c1ccccc1)C(OC(=O)c1ccccc1)C(C)(O)C2(C)C=CC1=CC(=O)OC1. The number of fused-ring (bicyclic) bond motifs is 1. The summed E-state index contributed by atoms with van der Waals surface area (Å²) in [4.78, 5) is 38.7. The Morgan fingerprint density at radius 2 is 1.49 bits per heavy atom. The lowest BCUT2D eigenvalue weighted by Gasteiger charge is -2.64. The number of esters is 3. The fourth-order valence-electron chi connectivity index (χ4n) is 6.80. The minimum absolute atomic E-state index is 0.151. The monoisotopic (exact) mass is 556 g/mol. The van der Waals surface area contributed by atoms with Crippen LogP contribution in [0.4, 0.5) is 0 Å². The van der Waals surface area contributed by atoms with E-state index in [1.54, 1.807) is 67.6 Å². The van der Waals surface area contributed by atoms with Gasteiger partial charge in [-0.1, -0.05) is 74.0 Å². The molecule has 2 aliphatic carbocycles. The van der Waals surface area contributed by atoms with Gasteiger partial charge in [0.2, 0.25) is 0 Å². The lowest BCUT2D eigenvalue weighted by Crippen LogP contribution is -2.72. The predicted octanol–water partition coefficient (Wildman–Crippen LogP) is 5.61. The van der Waals surface area contributed by atoms with E-state index >= 15 is 0 Å². The van der Waals surface area contributed by atoms with E-state index < -0.39 is 46.5 Å². The zero-order chi connectivity index (χ0) is 29.4. The second-order valence-corrected chi connectivity index (χ2v) is 11.8. The van der Waals surface area contributed by atoms with Crippen molar-refractivity contribution in [3.8, 4) is 0 Å². The molecule has 6 atom stereocenters. The van der Waals surface area contributed by atoms with Gasteiger partial charge in [0.25, 0.3) is 0 Å². The van der Waals surface area contributed by atoms with Crippen LogP contribution in [0.1, 0.15) is 61.3 Å². The van der Waals surface area contributed by atoms with Gasteiger partial charge in [0.15, 0.2) is 12.2 Å². The van der Waals surface area contributed by atoms with Crippen LogP contribution in [0.25, 0.3) is 0 Å². The Labute approximate surface area is 240 Å². The summed E-state index contributed by atoms with van der Waals surface area (Å²) in [5, 5.41) is 12.5. The normalized spacial score (nSPS) is 32.9. The molecule has 6 unspecified atom stereocenters. The van der Waals surface area contributed by atoms with E-state index in [4.69, 9.17) is 14.2 Å². The van der Waals surface area contributed by atoms with Gasteiger partial charge in [-0.15, -0.1) is 0 Å². The molecule has 2 aromatic carbocycles. The van der Waals surface area contributed by atoms with Crippen LogP contribution in [0.3, 0.4) is 0 Å². The molecule has 0 bridgehead atoms. The van der Waals surface area contributed by atoms with E-state index in [2.05, 4.69) is 6.08 Å². The third kappa shape index (κ3) is 4.93. The van der Waals surface area contributed by atoms with Crippen molar-refractivity contribution in [1.82, 2.24) is 0 Å². The van der Waals surface area contributed by atoms with Gasteiger partial charge in [-0.2, -0.15) is 0 Å². The largest absolute Gasteiger partial charge is 0.458 e. The molecular formula is C34H36O7. The maximum absolute atomic E-state index is 13.5. The lowest BCUT2D eigenvalue weighted by atomic mass is 9.44. The molecule has 0 aromatic heterocycles. The molecule has 0 radical (unpaired) electrons. The molecule has 1 fully saturated rings. The van der Waals surface area contributed by atoms with Gasteiger partial charge >= 0.3 is 17.9 Å². The smallest absolute Gasteiger partial charge is 0.338 e. The molecule has 1 aliphatic heterocycles. The molecule has 7 heteroatoms. The Bertz CT molecular complexity index is 1420. The van der Waals surface area contributed by atoms with Crippen LogP contribution < -0.4 is 0 Å². The number of allylic oxidation sites excluding steroid dienone is 1. The molecule has 41 heavy (non-hydrogen) atoms. The summed E-state index contributed by atoms with van der Waals surface area (Å²) in [6.07, 6.45) is 6.54. The standard InChI is InChI=1S/C34H36O7/c1-22-12-11-17-26-32(2,19-18-23-20-27(35)39-21-23)34(4,38)29(41-31(37)25-15-9-6-10-16-25)28(33(22,26)3)40-30(36)24-13-7-5-8-14-24/h5-10,12-16,18-20,26,28-29,38H,11,17,21H2,1-4H3. The van der Waals surface area contributed by atoms with Crippen LogP contribution >= 0.6 is 0 Å². The van der Waals surface area contributed by atoms with Crippen LogP contribution in [-0.2, 0) is 19.0 Å². The number of cyclic esters (lactones) is 1. The molecule has 7 nitrogen and oxygen atoms in total. The van der Waals surface area contributed by atoms with Crippen molar-refractivity contribution in [3.63, 3.8) is 0 Å². The number of benzene rings is 2. The maximum atomic E-state index is 13.5. The minimum Gasteiger partial charge on any atom is -0.458 e. The van der Waals surface area contributed by atoms with E-state index in [1.165, 1.54) is 6.08 Å². The summed E-state index contributed by atoms with van der Waals surface area (Å²) < 4.78 is 17.5. The first-order valence-corrected chi connectivity index (χ1v) is 14.0. The Morgan fingerprint density at radius 3 is 2.02 bits per heavy atom. The summed E-state index contributed by atoms with van der Waals surface area (Å²) in [7, 11) is 0. The van der Waals surface area contributed by atoms with Crippen LogP contribution in [0.5, 0.6) is 0 Å². The van der Waals surface area contributed by atoms with Gasteiger partial charge in [-0.25, -0.2) is 14.4 Å². The lowest BCUT2D eigenvalue weighted by molar-refractivity contribution is -0.251. The van der Waals surface area contributed by atoms with E-state index in [0.717, 1.165) is 12.0 Å². The quantitative estimate of drug-likeness (QED) is 0.281. The van der Waals surface area contributed by atoms with Crippen molar-refractivity contribution >= 4 is 17.9 Å². The maximum Gasteiger partial charge on any atom is 0.338 e. The van der Waals surface area contributed by atoms with Gasteiger partial charge in [-0.3, -0.25) is 0 Å². The van der Waals surface area contributed by atoms with Crippen LogP contribution in [0.15, 0.2) is 96.1 Å². The number of hydrogen-bond donors (Lipinski definition) is 1. The fourth-order valence-corrected chi connectivity index (χ4v) is 6.80. The summed E-state index contributed by atoms with van der Waals surface area (Å²) >= 11 is 0. The Hall–Kier alpha value is -3.97. The highest BCUT2D eigenvalue weighted by Gasteiger charge is 2.69. The molecule has 214 valence electrons. The number of aliphatic hydroxyl groups is 1. The van der Waals surface area contributed by atoms with E-state index in [-0.39, 0.29) is 12.5 Å². The van der Waals surface area contributed by atoms with Gasteiger partial charge in [0, 0.05) is 16.9 Å². The minimum atomic E-state index is -1.68. The summed E-state index contributed by atoms with van der Waals surface area (Å²) in [5.74, 6) is -1.80. The number of carbonyl (C=O) groups excluding carboxylic acids is 3. The third-order valence-electron chi connectivity index (χ3n) is 9.53. The number of carbonyl (C=O) groups is 3. The third-order valence-corrected chi connectivity index (χ3v) is 9.53. The number of hydrogen-bond acceptors (Lipinski definition) is 7. The molecule has 1 N–H and O–H groups in total. The molecule has 1 heterocycles. The highest BCUT2D eigenvalue weighted by molar-refractivity contribution is 5.90. The molecule has 0 spiro atoms. The second kappa shape index (κ2) is 10.8. The highest BCUT2D eigenvalue weighted by Crippen LogP contribution is 2.63. The van der Waals surface area contributed by atoms with Crippen molar-refractivity contribution in [1.29, 1.82) is 0 Å². The first-order valence-electron chi connectivity index (χ1n) is 14.0. The predicted molar refractivity (Wildman–Crippen MR) is 153 cm³/mol. The van der Waals surface area contributed by atoms with Crippen LogP contribution in [0, 0.1) is 16.7 Å². The molecule has 0 amide bonds. The summed E-state index contributed by atoms with van der Waals surface area (Å²) in [6, 6.07) is 17.2. The van der Waals surface area contributed by atoms with Gasteiger partial charge in [0.05, 0.1) is 11.1 Å². The highest BCUT2D eigenvalue weighted by atomic mass is 16.6. The molecule has 1 saturated carbocycles. The molecule has 5 rings (SSSR count). The van der Waals surface area contributed by atoms with Crippen molar-refractivity contribution in [2.75, 3.05) is 6.61 Å². The second-order valence-electron chi connectivity index (χ2n) is 11.8. The van der Waals surface area contributed by atoms with Gasteiger partial charge < -0.3 is 19.3 Å². The van der Waals surface area contributed by atoms with Gasteiger partial charge in [-0.05, 0) is 62.4 Å². The fraction of sp³-hybridized carbons (Fsp3) is 0.382. The van der Waals surface area contributed by atoms with Crippen molar-refractivity contribution in [3.05, 3.63) is 107 Å². The number of rotatable bonds is 6. The first kappa shape index (κ1) is 28.6. The zero-order valence-electron chi connectivity index (χ0n) is 23.8. The average Bonchev–Trinajstić information content (AvgIpc) is 3.39. The summed E-state index contributed by atoms with van der Waals surface area (Å²) in [5.41, 5.74) is -1.06. The molecular weight excluding hydrogens is 520 g/mol. The zero-order valence-corrected chi connectivity index (χ0v) is 23.8. The van der Waals surface area contributed by atoms with Crippen molar-refractivity contribution in [2.45, 2.75) is 58.3 Å². The molecule has 2 aromatic rings. The molecule has 0 saturated heterocycles. The topological polar surface area (TPSA) is 99.1 Å². The average molecular weight is 557 g/mol. The van der Waals surface area contributed by atoms with E-state index in [1.807, 2.05) is 32.9 Å². The Balaban J connectivity index is 1.64. The van der Waals surface area contributed by atoms with E-state index in [9.17, 15) is 19.5 Å². The van der Waals surface area contributed by atoms with Gasteiger partial charge in [0.1, 0.15) is 12.2 Å². The van der Waals surface area contributed by atoms with E-state index in [0.29, 0.717) is 23.1 Å². The van der Waals surface area contributed by atoms with Crippen molar-refractivity contribution in [2.24, 2.45) is 16.7 Å². The number of ether oxygens (including phenoxy) is 3. The molecule has 3 aliphatic rings. The summed E-state index contributed by atoms with van der Waals surface area (Å²) in [6.45, 7) is 7.76. The Kier molecular flexibility index (Phi) is 7.51. The van der Waals surface area contributed by atoms with Crippen LogP contribution in [0.2, 0.25) is 0 Å².